The molecule has 0 radical (unpaired) electrons. The second kappa shape index (κ2) is 6.47. The van der Waals surface area contributed by atoms with Crippen molar-refractivity contribution in [3.8, 4) is 0 Å². The first kappa shape index (κ1) is 14.5. The Morgan fingerprint density at radius 3 is 2.90 bits per heavy atom. The summed E-state index contributed by atoms with van der Waals surface area (Å²) in [5, 5.41) is 8.15. The van der Waals surface area contributed by atoms with E-state index in [4.69, 9.17) is 0 Å². The summed E-state index contributed by atoms with van der Waals surface area (Å²) >= 11 is 3.38. The van der Waals surface area contributed by atoms with E-state index in [2.05, 4.69) is 31.6 Å². The third-order valence-electron chi connectivity index (χ3n) is 2.65. The summed E-state index contributed by atoms with van der Waals surface area (Å²) in [7, 11) is 0. The van der Waals surface area contributed by atoms with Crippen LogP contribution in [0.1, 0.15) is 17.0 Å². The molecule has 0 aliphatic carbocycles. The molecular weight excluding hydrogens is 320 g/mol. The van der Waals surface area contributed by atoms with E-state index in [-0.39, 0.29) is 12.5 Å². The van der Waals surface area contributed by atoms with Crippen molar-refractivity contribution in [1.29, 1.82) is 0 Å². The number of hydrogen-bond donors (Lipinski definition) is 1. The summed E-state index contributed by atoms with van der Waals surface area (Å²) < 4.78 is 2.62. The molecule has 2 aromatic rings. The number of nitrogens with zero attached hydrogens (tertiary/aromatic N) is 3. The average molecular weight is 335 g/mol. The number of nitrogens with one attached hydrogen (secondary N) is 1. The van der Waals surface area contributed by atoms with Crippen molar-refractivity contribution in [3.05, 3.63) is 51.8 Å². The van der Waals surface area contributed by atoms with Gasteiger partial charge in [0.05, 0.1) is 11.9 Å². The van der Waals surface area contributed by atoms with E-state index in [1.807, 2.05) is 44.2 Å². The Morgan fingerprint density at radius 2 is 2.25 bits per heavy atom. The number of hydrogen-bond acceptors (Lipinski definition) is 3. The van der Waals surface area contributed by atoms with Crippen molar-refractivity contribution < 1.29 is 4.79 Å². The van der Waals surface area contributed by atoms with Gasteiger partial charge in [-0.2, -0.15) is 10.2 Å². The minimum Gasteiger partial charge on any atom is -0.271 e. The molecule has 6 heteroatoms. The van der Waals surface area contributed by atoms with Gasteiger partial charge in [-0.15, -0.1) is 0 Å². The summed E-state index contributed by atoms with van der Waals surface area (Å²) in [6, 6.07) is 9.58. The van der Waals surface area contributed by atoms with Gasteiger partial charge < -0.3 is 0 Å². The Balaban J connectivity index is 1.91. The quantitative estimate of drug-likeness (QED) is 0.689. The van der Waals surface area contributed by atoms with Gasteiger partial charge in [0, 0.05) is 10.2 Å². The monoisotopic (exact) mass is 334 g/mol. The number of aromatic nitrogens is 2. The molecule has 1 N–H and O–H groups in total. The van der Waals surface area contributed by atoms with Crippen LogP contribution in [0.3, 0.4) is 0 Å². The average Bonchev–Trinajstić information content (AvgIpc) is 2.68. The maximum Gasteiger partial charge on any atom is 0.261 e. The van der Waals surface area contributed by atoms with E-state index < -0.39 is 0 Å². The zero-order valence-electron chi connectivity index (χ0n) is 11.3. The van der Waals surface area contributed by atoms with E-state index in [0.717, 1.165) is 21.4 Å². The van der Waals surface area contributed by atoms with Crippen LogP contribution in [0.4, 0.5) is 0 Å². The van der Waals surface area contributed by atoms with Crippen LogP contribution in [0.2, 0.25) is 0 Å². The van der Waals surface area contributed by atoms with Crippen molar-refractivity contribution in [2.24, 2.45) is 5.10 Å². The first-order chi connectivity index (χ1) is 9.54. The van der Waals surface area contributed by atoms with Gasteiger partial charge in [-0.3, -0.25) is 9.48 Å². The lowest BCUT2D eigenvalue weighted by molar-refractivity contribution is -0.121. The Hall–Kier alpha value is -1.95. The van der Waals surface area contributed by atoms with Gasteiger partial charge >= 0.3 is 0 Å². The molecule has 0 unspecified atom stereocenters. The lowest BCUT2D eigenvalue weighted by Crippen LogP contribution is -2.24. The molecule has 5 nitrogen and oxygen atoms in total. The number of aryl methyl sites for hydroxylation is 2. The number of carbonyl (C=O) groups is 1. The molecule has 20 heavy (non-hydrogen) atoms. The standard InChI is InChI=1S/C14H15BrN4O/c1-10-6-11(2)19(18-10)9-14(20)17-16-8-12-4-3-5-13(15)7-12/h3-8H,9H2,1-2H3,(H,17,20). The molecule has 0 saturated carbocycles. The lowest BCUT2D eigenvalue weighted by atomic mass is 10.2. The summed E-state index contributed by atoms with van der Waals surface area (Å²) in [5.74, 6) is -0.206. The largest absolute Gasteiger partial charge is 0.271 e. The number of hydrazone groups is 1. The molecule has 0 aliphatic heterocycles. The molecule has 0 spiro atoms. The third kappa shape index (κ3) is 4.03. The highest BCUT2D eigenvalue weighted by Crippen LogP contribution is 2.09. The zero-order chi connectivity index (χ0) is 14.5. The van der Waals surface area contributed by atoms with Crippen LogP contribution in [-0.2, 0) is 11.3 Å². The van der Waals surface area contributed by atoms with Gasteiger partial charge in [0.1, 0.15) is 6.54 Å². The van der Waals surface area contributed by atoms with E-state index in [9.17, 15) is 4.79 Å². The van der Waals surface area contributed by atoms with Gasteiger partial charge in [0.2, 0.25) is 0 Å². The minimum atomic E-state index is -0.206. The van der Waals surface area contributed by atoms with Crippen LogP contribution in [0, 0.1) is 13.8 Å². The number of carbonyl (C=O) groups excluding carboxylic acids is 1. The van der Waals surface area contributed by atoms with Gasteiger partial charge in [0.15, 0.2) is 0 Å². The molecule has 1 aromatic carbocycles. The van der Waals surface area contributed by atoms with E-state index in [1.54, 1.807) is 10.9 Å². The van der Waals surface area contributed by atoms with Gasteiger partial charge in [-0.1, -0.05) is 28.1 Å². The van der Waals surface area contributed by atoms with Gasteiger partial charge in [-0.05, 0) is 37.6 Å². The van der Waals surface area contributed by atoms with Crippen LogP contribution in [0.25, 0.3) is 0 Å². The Morgan fingerprint density at radius 1 is 1.45 bits per heavy atom. The molecule has 1 heterocycles. The Kier molecular flexibility index (Phi) is 4.68. The third-order valence-corrected chi connectivity index (χ3v) is 3.14. The topological polar surface area (TPSA) is 59.3 Å². The van der Waals surface area contributed by atoms with E-state index >= 15 is 0 Å². The molecule has 104 valence electrons. The maximum atomic E-state index is 11.7. The smallest absolute Gasteiger partial charge is 0.261 e. The highest BCUT2D eigenvalue weighted by atomic mass is 79.9. The lowest BCUT2D eigenvalue weighted by Gasteiger charge is -2.02. The second-order valence-corrected chi connectivity index (χ2v) is 5.35. The fraction of sp³-hybridized carbons (Fsp3) is 0.214. The molecule has 0 fully saturated rings. The van der Waals surface area contributed by atoms with Gasteiger partial charge in [0.25, 0.3) is 5.91 Å². The van der Waals surface area contributed by atoms with Crippen LogP contribution in [-0.4, -0.2) is 21.9 Å². The Bertz CT molecular complexity index is 648. The second-order valence-electron chi connectivity index (χ2n) is 4.43. The predicted octanol–water partition coefficient (Wildman–Crippen LogP) is 2.41. The molecule has 0 bridgehead atoms. The van der Waals surface area contributed by atoms with Crippen molar-refractivity contribution in [1.82, 2.24) is 15.2 Å². The van der Waals surface area contributed by atoms with Crippen LogP contribution in [0.5, 0.6) is 0 Å². The van der Waals surface area contributed by atoms with Gasteiger partial charge in [-0.25, -0.2) is 5.43 Å². The number of rotatable bonds is 4. The summed E-state index contributed by atoms with van der Waals surface area (Å²) in [6.45, 7) is 3.97. The Labute approximate surface area is 125 Å². The molecular formula is C14H15BrN4O. The van der Waals surface area contributed by atoms with Crippen molar-refractivity contribution in [2.75, 3.05) is 0 Å². The first-order valence-corrected chi connectivity index (χ1v) is 6.92. The van der Waals surface area contributed by atoms with Crippen molar-refractivity contribution >= 4 is 28.1 Å². The van der Waals surface area contributed by atoms with Crippen LogP contribution >= 0.6 is 15.9 Å². The molecule has 0 atom stereocenters. The highest BCUT2D eigenvalue weighted by molar-refractivity contribution is 9.10. The summed E-state index contributed by atoms with van der Waals surface area (Å²) in [4.78, 5) is 11.7. The molecule has 1 aromatic heterocycles. The molecule has 0 saturated heterocycles. The predicted molar refractivity (Wildman–Crippen MR) is 81.6 cm³/mol. The highest BCUT2D eigenvalue weighted by Gasteiger charge is 2.05. The normalized spacial score (nSPS) is 10.9. The fourth-order valence-electron chi connectivity index (χ4n) is 1.77. The first-order valence-electron chi connectivity index (χ1n) is 6.13. The molecule has 1 amide bonds. The van der Waals surface area contributed by atoms with Crippen LogP contribution in [0.15, 0.2) is 39.9 Å². The summed E-state index contributed by atoms with van der Waals surface area (Å²) in [5.41, 5.74) is 5.25. The minimum absolute atomic E-state index is 0.162. The maximum absolute atomic E-state index is 11.7. The fourth-order valence-corrected chi connectivity index (χ4v) is 2.19. The zero-order valence-corrected chi connectivity index (χ0v) is 12.9. The van der Waals surface area contributed by atoms with Crippen molar-refractivity contribution in [2.45, 2.75) is 20.4 Å². The summed E-state index contributed by atoms with van der Waals surface area (Å²) in [6.07, 6.45) is 1.60. The van der Waals surface area contributed by atoms with E-state index in [0.29, 0.717) is 0 Å². The number of benzene rings is 1. The number of halogens is 1. The SMILES string of the molecule is Cc1cc(C)n(CC(=O)NN=Cc2cccc(Br)c2)n1. The molecule has 2 rings (SSSR count). The number of amides is 1. The van der Waals surface area contributed by atoms with Crippen molar-refractivity contribution in [3.63, 3.8) is 0 Å². The van der Waals surface area contributed by atoms with Crippen LogP contribution < -0.4 is 5.43 Å². The molecule has 0 aliphatic rings. The van der Waals surface area contributed by atoms with E-state index in [1.165, 1.54) is 0 Å².